The first-order chi connectivity index (χ1) is 13.9. The molecule has 1 aliphatic heterocycles. The Bertz CT molecular complexity index is 693. The van der Waals surface area contributed by atoms with Crippen LogP contribution in [-0.2, 0) is 51.7 Å². The molecule has 0 saturated carbocycles. The lowest BCUT2D eigenvalue weighted by atomic mass is 9.95. The van der Waals surface area contributed by atoms with E-state index in [1.54, 1.807) is 0 Å². The summed E-state index contributed by atoms with van der Waals surface area (Å²) in [7, 11) is -1.64. The predicted molar refractivity (Wildman–Crippen MR) is 98.8 cm³/mol. The van der Waals surface area contributed by atoms with Crippen LogP contribution in [0.25, 0.3) is 0 Å². The van der Waals surface area contributed by atoms with Crippen molar-refractivity contribution in [1.82, 2.24) is 10.4 Å². The second kappa shape index (κ2) is 11.4. The van der Waals surface area contributed by atoms with Gasteiger partial charge in [-0.05, 0) is 0 Å². The highest BCUT2D eigenvalue weighted by atomic mass is 31.2. The van der Waals surface area contributed by atoms with Gasteiger partial charge in [-0.3, -0.25) is 19.2 Å². The fourth-order valence-electron chi connectivity index (χ4n) is 2.78. The Morgan fingerprint density at radius 2 is 1.43 bits per heavy atom. The highest BCUT2D eigenvalue weighted by Gasteiger charge is 2.52. The molecule has 0 aromatic rings. The van der Waals surface area contributed by atoms with E-state index in [0.717, 1.165) is 35.0 Å². The quantitative estimate of drug-likeness (QED) is 0.264. The van der Waals surface area contributed by atoms with Crippen LogP contribution in [0, 0.1) is 0 Å². The van der Waals surface area contributed by atoms with Crippen molar-refractivity contribution in [3.8, 4) is 0 Å². The number of carbonyl (C=O) groups excluding carboxylic acids is 4. The van der Waals surface area contributed by atoms with E-state index in [9.17, 15) is 23.7 Å². The van der Waals surface area contributed by atoms with Crippen LogP contribution >= 0.6 is 7.75 Å². The smallest absolute Gasteiger partial charge is 0.407 e. The Morgan fingerprint density at radius 3 is 1.87 bits per heavy atom. The number of ether oxygens (including phenoxy) is 4. The van der Waals surface area contributed by atoms with Crippen LogP contribution in [0.5, 0.6) is 0 Å². The minimum absolute atomic E-state index is 0.389. The average molecular weight is 454 g/mol. The van der Waals surface area contributed by atoms with Gasteiger partial charge in [-0.15, -0.1) is 0 Å². The maximum atomic E-state index is 12.6. The number of hydrogen-bond donors (Lipinski definition) is 2. The third-order valence-electron chi connectivity index (χ3n) is 3.88. The number of carbonyl (C=O) groups is 4. The summed E-state index contributed by atoms with van der Waals surface area (Å²) in [6.45, 7) is 4.20. The van der Waals surface area contributed by atoms with Crippen molar-refractivity contribution in [3.63, 3.8) is 0 Å². The molecule has 0 unspecified atom stereocenters. The fourth-order valence-corrected chi connectivity index (χ4v) is 3.67. The van der Waals surface area contributed by atoms with Crippen LogP contribution < -0.4 is 10.4 Å². The molecule has 1 aliphatic rings. The summed E-state index contributed by atoms with van der Waals surface area (Å²) in [6.07, 6.45) is -5.00. The average Bonchev–Trinajstić information content (AvgIpc) is 2.63. The normalized spacial score (nSPS) is 26.4. The molecule has 172 valence electrons. The van der Waals surface area contributed by atoms with Gasteiger partial charge in [-0.25, -0.2) is 4.57 Å². The lowest BCUT2D eigenvalue weighted by Crippen LogP contribution is -2.68. The van der Waals surface area contributed by atoms with Gasteiger partial charge in [0.1, 0.15) is 25.0 Å². The van der Waals surface area contributed by atoms with E-state index in [1.165, 1.54) is 6.92 Å². The van der Waals surface area contributed by atoms with Crippen molar-refractivity contribution in [3.05, 3.63) is 0 Å². The summed E-state index contributed by atoms with van der Waals surface area (Å²) in [4.78, 5) is 46.4. The standard InChI is InChI=1S/C16H27N2O11P/c1-8(19)17-13-15(28-11(4)22)14(27-10(3)21)12(7-26-9(2)20)29-16(13)18-30(23,24-5)25-6/h12-16H,7H2,1-6H3,(H,17,19)(H,18,23)/t12-,13-,14-,15-,16-/m1/s1. The van der Waals surface area contributed by atoms with Gasteiger partial charge in [0.05, 0.1) is 0 Å². The fraction of sp³-hybridized carbons (Fsp3) is 0.750. The minimum atomic E-state index is -3.89. The van der Waals surface area contributed by atoms with Crippen molar-refractivity contribution in [2.45, 2.75) is 58.3 Å². The van der Waals surface area contributed by atoms with Crippen LogP contribution in [0.2, 0.25) is 0 Å². The maximum absolute atomic E-state index is 12.6. The lowest BCUT2D eigenvalue weighted by Gasteiger charge is -2.45. The molecule has 30 heavy (non-hydrogen) atoms. The Morgan fingerprint density at radius 1 is 0.900 bits per heavy atom. The van der Waals surface area contributed by atoms with Gasteiger partial charge >= 0.3 is 25.7 Å². The molecule has 0 radical (unpaired) electrons. The van der Waals surface area contributed by atoms with Crippen LogP contribution in [-0.4, -0.2) is 75.2 Å². The van der Waals surface area contributed by atoms with Gasteiger partial charge < -0.3 is 33.3 Å². The molecule has 1 saturated heterocycles. The number of amides is 1. The molecule has 5 atom stereocenters. The third kappa shape index (κ3) is 7.65. The van der Waals surface area contributed by atoms with Crippen molar-refractivity contribution < 1.29 is 51.7 Å². The molecule has 1 fully saturated rings. The Labute approximate surface area is 173 Å². The largest absolute Gasteiger partial charge is 0.463 e. The van der Waals surface area contributed by atoms with Crippen molar-refractivity contribution in [2.24, 2.45) is 0 Å². The van der Waals surface area contributed by atoms with E-state index in [1.807, 2.05) is 0 Å². The molecule has 14 heteroatoms. The number of rotatable bonds is 9. The Hall–Kier alpha value is -2.05. The van der Waals surface area contributed by atoms with Crippen LogP contribution in [0.4, 0.5) is 0 Å². The summed E-state index contributed by atoms with van der Waals surface area (Å²) >= 11 is 0. The maximum Gasteiger partial charge on any atom is 0.407 e. The van der Waals surface area contributed by atoms with Gasteiger partial charge in [0.2, 0.25) is 5.91 Å². The van der Waals surface area contributed by atoms with Crippen LogP contribution in [0.15, 0.2) is 0 Å². The Kier molecular flexibility index (Phi) is 9.85. The summed E-state index contributed by atoms with van der Waals surface area (Å²) in [6, 6.07) is -1.18. The minimum Gasteiger partial charge on any atom is -0.463 e. The number of esters is 3. The molecule has 0 bridgehead atoms. The molecule has 1 heterocycles. The molecule has 0 aliphatic carbocycles. The predicted octanol–water partition coefficient (Wildman–Crippen LogP) is -0.367. The second-order valence-electron chi connectivity index (χ2n) is 6.26. The first-order valence-electron chi connectivity index (χ1n) is 8.82. The highest BCUT2D eigenvalue weighted by Crippen LogP contribution is 2.43. The van der Waals surface area contributed by atoms with Crippen molar-refractivity contribution in [2.75, 3.05) is 20.8 Å². The van der Waals surface area contributed by atoms with E-state index in [4.69, 9.17) is 28.0 Å². The molecular weight excluding hydrogens is 427 g/mol. The zero-order valence-corrected chi connectivity index (χ0v) is 18.4. The molecular formula is C16H27N2O11P. The van der Waals surface area contributed by atoms with Crippen molar-refractivity contribution in [1.29, 1.82) is 0 Å². The zero-order chi connectivity index (χ0) is 23.1. The third-order valence-corrected chi connectivity index (χ3v) is 5.41. The van der Waals surface area contributed by atoms with E-state index >= 15 is 0 Å². The van der Waals surface area contributed by atoms with Gasteiger partial charge in [-0.1, -0.05) is 0 Å². The first kappa shape index (κ1) is 26.0. The first-order valence-corrected chi connectivity index (χ1v) is 10.4. The number of nitrogens with one attached hydrogen (secondary N) is 2. The van der Waals surface area contributed by atoms with Gasteiger partial charge in [0, 0.05) is 41.9 Å². The zero-order valence-electron chi connectivity index (χ0n) is 17.5. The SMILES string of the molecule is COP(=O)(N[C@@H]1O[C@H](COC(C)=O)[C@@H](OC(C)=O)[C@H](OC(C)=O)[C@H]1NC(C)=O)OC. The molecule has 1 rings (SSSR count). The van der Waals surface area contributed by atoms with E-state index in [-0.39, 0.29) is 6.61 Å². The molecule has 0 aromatic carbocycles. The van der Waals surface area contributed by atoms with Gasteiger partial charge in [-0.2, -0.15) is 5.09 Å². The summed E-state index contributed by atoms with van der Waals surface area (Å²) in [5.41, 5.74) is 0. The van der Waals surface area contributed by atoms with E-state index < -0.39 is 62.1 Å². The molecule has 0 spiro atoms. The number of hydrogen-bond acceptors (Lipinski definition) is 11. The Balaban J connectivity index is 3.41. The molecule has 2 N–H and O–H groups in total. The van der Waals surface area contributed by atoms with E-state index in [0.29, 0.717) is 0 Å². The topological polar surface area (TPSA) is 165 Å². The summed E-state index contributed by atoms with van der Waals surface area (Å²) < 4.78 is 43.5. The van der Waals surface area contributed by atoms with Gasteiger partial charge in [0.25, 0.3) is 0 Å². The van der Waals surface area contributed by atoms with Crippen LogP contribution in [0.3, 0.4) is 0 Å². The second-order valence-corrected chi connectivity index (χ2v) is 8.25. The van der Waals surface area contributed by atoms with Crippen LogP contribution in [0.1, 0.15) is 27.7 Å². The van der Waals surface area contributed by atoms with E-state index in [2.05, 4.69) is 10.4 Å². The molecule has 0 aromatic heterocycles. The highest BCUT2D eigenvalue weighted by molar-refractivity contribution is 7.51. The molecule has 13 nitrogen and oxygen atoms in total. The van der Waals surface area contributed by atoms with Crippen molar-refractivity contribution >= 4 is 31.6 Å². The molecule has 1 amide bonds. The lowest BCUT2D eigenvalue weighted by molar-refractivity contribution is -0.225. The summed E-state index contributed by atoms with van der Waals surface area (Å²) in [5, 5.41) is 5.00. The monoisotopic (exact) mass is 454 g/mol. The summed E-state index contributed by atoms with van der Waals surface area (Å²) in [5.74, 6) is -2.67. The van der Waals surface area contributed by atoms with Gasteiger partial charge in [0.15, 0.2) is 12.2 Å².